The second-order valence-electron chi connectivity index (χ2n) is 6.52. The number of hydrogen-bond donors (Lipinski definition) is 1. The Morgan fingerprint density at radius 1 is 1.48 bits per heavy atom. The molecule has 3 atom stereocenters. The zero-order chi connectivity index (χ0) is 15.3. The molecule has 1 N–H and O–H groups in total. The molecule has 1 aliphatic rings. The molecule has 1 aromatic rings. The number of nitrogens with one attached hydrogen (secondary N) is 1. The van der Waals surface area contributed by atoms with Crippen LogP contribution in [0.25, 0.3) is 0 Å². The maximum atomic E-state index is 4.80. The number of rotatable bonds is 8. The summed E-state index contributed by atoms with van der Waals surface area (Å²) in [6.07, 6.45) is 8.19. The van der Waals surface area contributed by atoms with Crippen molar-refractivity contribution in [3.63, 3.8) is 0 Å². The van der Waals surface area contributed by atoms with E-state index in [1.165, 1.54) is 30.7 Å². The molecule has 0 amide bonds. The van der Waals surface area contributed by atoms with Gasteiger partial charge in [-0.15, -0.1) is 0 Å². The average molecular weight is 310 g/mol. The molecule has 3 unspecified atom stereocenters. The highest BCUT2D eigenvalue weighted by Crippen LogP contribution is 2.41. The summed E-state index contributed by atoms with van der Waals surface area (Å²) in [6, 6.07) is 3.23. The molecule has 1 aliphatic heterocycles. The zero-order valence-electron chi connectivity index (χ0n) is 14.1. The monoisotopic (exact) mass is 309 g/mol. The van der Waals surface area contributed by atoms with Gasteiger partial charge in [-0.25, -0.2) is 0 Å². The smallest absolute Gasteiger partial charge is 0.0640 e. The lowest BCUT2D eigenvalue weighted by Crippen LogP contribution is -2.47. The molecular weight excluding hydrogens is 278 g/mol. The lowest BCUT2D eigenvalue weighted by Gasteiger charge is -2.34. The van der Waals surface area contributed by atoms with E-state index in [2.05, 4.69) is 61.7 Å². The minimum Gasteiger partial charge on any atom is -0.312 e. The van der Waals surface area contributed by atoms with Crippen LogP contribution in [0, 0.1) is 0 Å². The quantitative estimate of drug-likeness (QED) is 0.785. The van der Waals surface area contributed by atoms with Gasteiger partial charge < -0.3 is 5.32 Å². The first-order valence-corrected chi connectivity index (χ1v) is 9.49. The molecule has 0 aliphatic carbocycles. The lowest BCUT2D eigenvalue weighted by molar-refractivity contribution is 0.392. The molecule has 1 aromatic heterocycles. The molecule has 0 saturated carbocycles. The van der Waals surface area contributed by atoms with Gasteiger partial charge in [0.05, 0.1) is 5.69 Å². The van der Waals surface area contributed by atoms with Gasteiger partial charge in [-0.2, -0.15) is 16.9 Å². The Morgan fingerprint density at radius 3 is 2.90 bits per heavy atom. The molecule has 0 radical (unpaired) electrons. The standard InChI is InChI=1S/C17H31N3S/c1-5-10-18-16(17(4)9-7-12-21-17)13-15-8-11-20(19-15)14(3)6-2/h8,11,14,16,18H,5-7,9-10,12-13H2,1-4H3. The lowest BCUT2D eigenvalue weighted by atomic mass is 9.92. The van der Waals surface area contributed by atoms with E-state index in [-0.39, 0.29) is 0 Å². The second kappa shape index (κ2) is 7.68. The fourth-order valence-corrected chi connectivity index (χ4v) is 4.44. The van der Waals surface area contributed by atoms with Crippen LogP contribution in [-0.4, -0.2) is 32.9 Å². The van der Waals surface area contributed by atoms with Crippen molar-refractivity contribution in [2.45, 2.75) is 76.6 Å². The average Bonchev–Trinajstić information content (AvgIpc) is 3.12. The van der Waals surface area contributed by atoms with E-state index in [1.807, 2.05) is 0 Å². The third-order valence-electron chi connectivity index (χ3n) is 4.75. The van der Waals surface area contributed by atoms with Crippen molar-refractivity contribution in [1.29, 1.82) is 0 Å². The third-order valence-corrected chi connectivity index (χ3v) is 6.39. The summed E-state index contributed by atoms with van der Waals surface area (Å²) in [5.74, 6) is 1.31. The molecular formula is C17H31N3S. The summed E-state index contributed by atoms with van der Waals surface area (Å²) in [6.45, 7) is 10.2. The van der Waals surface area contributed by atoms with Crippen LogP contribution in [0.2, 0.25) is 0 Å². The van der Waals surface area contributed by atoms with Crippen LogP contribution in [0.15, 0.2) is 12.3 Å². The maximum absolute atomic E-state index is 4.80. The SMILES string of the molecule is CCCNC(Cc1ccn(C(C)CC)n1)C1(C)CCCS1. The van der Waals surface area contributed by atoms with Gasteiger partial charge in [0, 0.05) is 29.4 Å². The van der Waals surface area contributed by atoms with Crippen LogP contribution < -0.4 is 5.32 Å². The Morgan fingerprint density at radius 2 is 2.29 bits per heavy atom. The van der Waals surface area contributed by atoms with E-state index in [0.29, 0.717) is 16.8 Å². The number of nitrogens with zero attached hydrogens (tertiary/aromatic N) is 2. The highest BCUT2D eigenvalue weighted by Gasteiger charge is 2.37. The topological polar surface area (TPSA) is 29.9 Å². The Kier molecular flexibility index (Phi) is 6.18. The van der Waals surface area contributed by atoms with Gasteiger partial charge in [-0.1, -0.05) is 13.8 Å². The van der Waals surface area contributed by atoms with E-state index < -0.39 is 0 Å². The van der Waals surface area contributed by atoms with Gasteiger partial charge in [0.2, 0.25) is 0 Å². The Hall–Kier alpha value is -0.480. The van der Waals surface area contributed by atoms with Gasteiger partial charge in [0.15, 0.2) is 0 Å². The van der Waals surface area contributed by atoms with Crippen molar-refractivity contribution >= 4 is 11.8 Å². The van der Waals surface area contributed by atoms with Gasteiger partial charge in [0.25, 0.3) is 0 Å². The minimum atomic E-state index is 0.370. The first-order chi connectivity index (χ1) is 10.1. The first kappa shape index (κ1) is 16.9. The summed E-state index contributed by atoms with van der Waals surface area (Å²) in [5.41, 5.74) is 1.23. The molecule has 120 valence electrons. The summed E-state index contributed by atoms with van der Waals surface area (Å²) in [7, 11) is 0. The minimum absolute atomic E-state index is 0.370. The Labute approximate surface area is 134 Å². The molecule has 2 heterocycles. The fraction of sp³-hybridized carbons (Fsp3) is 0.824. The summed E-state index contributed by atoms with van der Waals surface area (Å²) in [4.78, 5) is 0. The van der Waals surface area contributed by atoms with Crippen LogP contribution in [0.3, 0.4) is 0 Å². The predicted octanol–water partition coefficient (Wildman–Crippen LogP) is 4.05. The van der Waals surface area contributed by atoms with Gasteiger partial charge >= 0.3 is 0 Å². The number of aromatic nitrogens is 2. The zero-order valence-corrected chi connectivity index (χ0v) is 14.9. The van der Waals surface area contributed by atoms with Crippen LogP contribution in [0.5, 0.6) is 0 Å². The molecule has 0 bridgehead atoms. The molecule has 21 heavy (non-hydrogen) atoms. The molecule has 3 nitrogen and oxygen atoms in total. The van der Waals surface area contributed by atoms with Crippen molar-refractivity contribution in [3.8, 4) is 0 Å². The predicted molar refractivity (Wildman–Crippen MR) is 93.1 cm³/mol. The Bertz CT molecular complexity index is 423. The normalized spacial score (nSPS) is 25.1. The van der Waals surface area contributed by atoms with E-state index in [4.69, 9.17) is 5.10 Å². The Balaban J connectivity index is 2.05. The summed E-state index contributed by atoms with van der Waals surface area (Å²) in [5, 5.41) is 8.58. The molecule has 4 heteroatoms. The number of thioether (sulfide) groups is 1. The largest absolute Gasteiger partial charge is 0.312 e. The summed E-state index contributed by atoms with van der Waals surface area (Å²) < 4.78 is 2.49. The van der Waals surface area contributed by atoms with E-state index in [0.717, 1.165) is 19.4 Å². The molecule has 1 fully saturated rings. The van der Waals surface area contributed by atoms with Crippen molar-refractivity contribution in [2.75, 3.05) is 12.3 Å². The van der Waals surface area contributed by atoms with Crippen LogP contribution in [0.4, 0.5) is 0 Å². The molecule has 0 aromatic carbocycles. The van der Waals surface area contributed by atoms with E-state index in [9.17, 15) is 0 Å². The third kappa shape index (κ3) is 4.26. The van der Waals surface area contributed by atoms with Crippen molar-refractivity contribution in [2.24, 2.45) is 0 Å². The second-order valence-corrected chi connectivity index (χ2v) is 8.15. The molecule has 0 spiro atoms. The van der Waals surface area contributed by atoms with Crippen molar-refractivity contribution in [3.05, 3.63) is 18.0 Å². The van der Waals surface area contributed by atoms with Crippen LogP contribution >= 0.6 is 11.8 Å². The molecule has 1 saturated heterocycles. The molecule has 2 rings (SSSR count). The first-order valence-electron chi connectivity index (χ1n) is 8.50. The van der Waals surface area contributed by atoms with Crippen LogP contribution in [-0.2, 0) is 6.42 Å². The van der Waals surface area contributed by atoms with E-state index >= 15 is 0 Å². The van der Waals surface area contributed by atoms with Crippen molar-refractivity contribution < 1.29 is 0 Å². The highest BCUT2D eigenvalue weighted by atomic mass is 32.2. The van der Waals surface area contributed by atoms with E-state index in [1.54, 1.807) is 0 Å². The van der Waals surface area contributed by atoms with Crippen molar-refractivity contribution in [1.82, 2.24) is 15.1 Å². The van der Waals surface area contributed by atoms with Gasteiger partial charge in [0.1, 0.15) is 0 Å². The van der Waals surface area contributed by atoms with Crippen LogP contribution in [0.1, 0.15) is 65.1 Å². The highest BCUT2D eigenvalue weighted by molar-refractivity contribution is 8.00. The van der Waals surface area contributed by atoms with Gasteiger partial charge in [-0.3, -0.25) is 4.68 Å². The summed E-state index contributed by atoms with van der Waals surface area (Å²) >= 11 is 2.14. The number of hydrogen-bond acceptors (Lipinski definition) is 3. The van der Waals surface area contributed by atoms with Gasteiger partial charge in [-0.05, 0) is 57.9 Å². The maximum Gasteiger partial charge on any atom is 0.0640 e. The fourth-order valence-electron chi connectivity index (χ4n) is 3.03.